The van der Waals surface area contributed by atoms with Crippen LogP contribution in [0.3, 0.4) is 0 Å². The van der Waals surface area contributed by atoms with Crippen molar-refractivity contribution in [3.8, 4) is 11.8 Å². The van der Waals surface area contributed by atoms with Gasteiger partial charge in [0.2, 0.25) is 0 Å². The first-order valence-electron chi connectivity index (χ1n) is 9.68. The SMILES string of the molecule is CCOc1cc(/C=C(\C#N)C(=O)Nc2cccc(Cl)c2)ccc1Cc1ccccc1Cl. The predicted octanol–water partition coefficient (Wildman–Crippen LogP) is 6.53. The van der Waals surface area contributed by atoms with Gasteiger partial charge in [0, 0.05) is 22.2 Å². The van der Waals surface area contributed by atoms with Crippen LogP contribution < -0.4 is 10.1 Å². The number of hydrogen-bond acceptors (Lipinski definition) is 3. The number of benzene rings is 3. The Balaban J connectivity index is 1.86. The summed E-state index contributed by atoms with van der Waals surface area (Å²) in [5.41, 5.74) is 3.13. The number of carbonyl (C=O) groups is 1. The van der Waals surface area contributed by atoms with Gasteiger partial charge in [-0.05, 0) is 60.0 Å². The van der Waals surface area contributed by atoms with E-state index in [2.05, 4.69) is 5.32 Å². The Morgan fingerprint density at radius 2 is 1.87 bits per heavy atom. The highest BCUT2D eigenvalue weighted by molar-refractivity contribution is 6.31. The maximum absolute atomic E-state index is 12.5. The number of nitrogens with one attached hydrogen (secondary N) is 1. The molecule has 0 unspecified atom stereocenters. The van der Waals surface area contributed by atoms with Crippen LogP contribution in [0, 0.1) is 11.3 Å². The van der Waals surface area contributed by atoms with Crippen molar-refractivity contribution in [3.05, 3.63) is 99.0 Å². The number of ether oxygens (including phenoxy) is 1. The number of rotatable bonds is 7. The number of nitrogens with zero attached hydrogens (tertiary/aromatic N) is 1. The predicted molar refractivity (Wildman–Crippen MR) is 126 cm³/mol. The molecule has 0 aliphatic carbocycles. The van der Waals surface area contributed by atoms with Gasteiger partial charge in [0.15, 0.2) is 0 Å². The second-order valence-electron chi connectivity index (χ2n) is 6.70. The zero-order valence-corrected chi connectivity index (χ0v) is 18.4. The molecule has 0 saturated carbocycles. The summed E-state index contributed by atoms with van der Waals surface area (Å²) < 4.78 is 5.80. The molecule has 6 heteroatoms. The average Bonchev–Trinajstić information content (AvgIpc) is 2.75. The summed E-state index contributed by atoms with van der Waals surface area (Å²) in [6.45, 7) is 2.39. The Morgan fingerprint density at radius 1 is 1.06 bits per heavy atom. The van der Waals surface area contributed by atoms with Gasteiger partial charge in [0.1, 0.15) is 17.4 Å². The lowest BCUT2D eigenvalue weighted by Crippen LogP contribution is -2.13. The van der Waals surface area contributed by atoms with Crippen molar-refractivity contribution < 1.29 is 9.53 Å². The van der Waals surface area contributed by atoms with E-state index < -0.39 is 5.91 Å². The van der Waals surface area contributed by atoms with Gasteiger partial charge in [-0.15, -0.1) is 0 Å². The molecule has 0 bridgehead atoms. The molecule has 0 saturated heterocycles. The quantitative estimate of drug-likeness (QED) is 0.328. The Hall–Kier alpha value is -3.26. The Morgan fingerprint density at radius 3 is 2.58 bits per heavy atom. The van der Waals surface area contributed by atoms with Gasteiger partial charge < -0.3 is 10.1 Å². The minimum atomic E-state index is -0.511. The standard InChI is InChI=1S/C25H20Cl2N2O2/c1-2-31-24-13-17(10-11-19(24)14-18-6-3-4-9-23(18)27)12-20(16-28)25(30)29-22-8-5-7-21(26)15-22/h3-13,15H,2,14H2,1H3,(H,29,30)/b20-12+. The third kappa shape index (κ3) is 6.11. The molecular weight excluding hydrogens is 431 g/mol. The van der Waals surface area contributed by atoms with Crippen molar-refractivity contribution in [1.82, 2.24) is 0 Å². The summed E-state index contributed by atoms with van der Waals surface area (Å²) in [4.78, 5) is 12.5. The van der Waals surface area contributed by atoms with Gasteiger partial charge in [-0.1, -0.05) is 59.6 Å². The smallest absolute Gasteiger partial charge is 0.266 e. The van der Waals surface area contributed by atoms with Crippen LogP contribution in [0.15, 0.2) is 72.3 Å². The van der Waals surface area contributed by atoms with Gasteiger partial charge in [-0.3, -0.25) is 4.79 Å². The van der Waals surface area contributed by atoms with E-state index >= 15 is 0 Å². The molecular formula is C25H20Cl2N2O2. The van der Waals surface area contributed by atoms with Crippen molar-refractivity contribution in [1.29, 1.82) is 5.26 Å². The van der Waals surface area contributed by atoms with E-state index in [1.54, 1.807) is 24.3 Å². The molecule has 0 spiro atoms. The fraction of sp³-hybridized carbons (Fsp3) is 0.120. The summed E-state index contributed by atoms with van der Waals surface area (Å²) in [6, 6.07) is 21.9. The fourth-order valence-electron chi connectivity index (χ4n) is 3.02. The fourth-order valence-corrected chi connectivity index (χ4v) is 3.42. The number of halogens is 2. The highest BCUT2D eigenvalue weighted by Crippen LogP contribution is 2.27. The molecule has 1 amide bonds. The largest absolute Gasteiger partial charge is 0.494 e. The van der Waals surface area contributed by atoms with Gasteiger partial charge in [-0.25, -0.2) is 0 Å². The van der Waals surface area contributed by atoms with Crippen LogP contribution in [0.1, 0.15) is 23.6 Å². The highest BCUT2D eigenvalue weighted by atomic mass is 35.5. The Labute approximate surface area is 191 Å². The van der Waals surface area contributed by atoms with Crippen molar-refractivity contribution >= 4 is 40.9 Å². The Bertz CT molecular complexity index is 1170. The molecule has 156 valence electrons. The monoisotopic (exact) mass is 450 g/mol. The molecule has 0 aromatic heterocycles. The van der Waals surface area contributed by atoms with Crippen molar-refractivity contribution in [2.75, 3.05) is 11.9 Å². The highest BCUT2D eigenvalue weighted by Gasteiger charge is 2.12. The van der Waals surface area contributed by atoms with Crippen LogP contribution in [0.4, 0.5) is 5.69 Å². The molecule has 0 radical (unpaired) electrons. The van der Waals surface area contributed by atoms with Gasteiger partial charge in [0.05, 0.1) is 6.61 Å². The van der Waals surface area contributed by atoms with Crippen LogP contribution in [0.5, 0.6) is 5.75 Å². The van der Waals surface area contributed by atoms with Gasteiger partial charge in [-0.2, -0.15) is 5.26 Å². The average molecular weight is 451 g/mol. The topological polar surface area (TPSA) is 62.1 Å². The lowest BCUT2D eigenvalue weighted by Gasteiger charge is -2.12. The molecule has 0 aliphatic rings. The zero-order chi connectivity index (χ0) is 22.2. The zero-order valence-electron chi connectivity index (χ0n) is 16.9. The summed E-state index contributed by atoms with van der Waals surface area (Å²) in [6.07, 6.45) is 2.14. The second kappa shape index (κ2) is 10.7. The van der Waals surface area contributed by atoms with Gasteiger partial charge >= 0.3 is 0 Å². The summed E-state index contributed by atoms with van der Waals surface area (Å²) >= 11 is 12.2. The molecule has 3 rings (SSSR count). The third-order valence-electron chi connectivity index (χ3n) is 4.49. The Kier molecular flexibility index (Phi) is 7.72. The van der Waals surface area contributed by atoms with Gasteiger partial charge in [0.25, 0.3) is 5.91 Å². The number of hydrogen-bond donors (Lipinski definition) is 1. The first-order valence-corrected chi connectivity index (χ1v) is 10.4. The molecule has 0 heterocycles. The van der Waals surface area contributed by atoms with E-state index in [9.17, 15) is 10.1 Å². The lowest BCUT2D eigenvalue weighted by atomic mass is 10.0. The molecule has 3 aromatic carbocycles. The molecule has 31 heavy (non-hydrogen) atoms. The van der Waals surface area contributed by atoms with Crippen molar-refractivity contribution in [2.45, 2.75) is 13.3 Å². The van der Waals surface area contributed by atoms with Crippen LogP contribution in [0.25, 0.3) is 6.08 Å². The number of carbonyl (C=O) groups excluding carboxylic acids is 1. The second-order valence-corrected chi connectivity index (χ2v) is 7.55. The normalized spacial score (nSPS) is 11.0. The van der Waals surface area contributed by atoms with E-state index in [4.69, 9.17) is 27.9 Å². The van der Waals surface area contributed by atoms with Crippen LogP contribution in [-0.2, 0) is 11.2 Å². The minimum absolute atomic E-state index is 0.0266. The summed E-state index contributed by atoms with van der Waals surface area (Å²) in [5.74, 6) is 0.173. The van der Waals surface area contributed by atoms with E-state index in [1.807, 2.05) is 55.5 Å². The number of amides is 1. The first-order chi connectivity index (χ1) is 15.0. The number of anilines is 1. The molecule has 1 N–H and O–H groups in total. The maximum Gasteiger partial charge on any atom is 0.266 e. The maximum atomic E-state index is 12.5. The number of nitriles is 1. The van der Waals surface area contributed by atoms with E-state index in [1.165, 1.54) is 6.08 Å². The molecule has 0 aliphatic heterocycles. The van der Waals surface area contributed by atoms with Crippen LogP contribution in [0.2, 0.25) is 10.0 Å². The van der Waals surface area contributed by atoms with Crippen molar-refractivity contribution in [3.63, 3.8) is 0 Å². The molecule has 0 atom stereocenters. The van der Waals surface area contributed by atoms with Crippen LogP contribution >= 0.6 is 23.2 Å². The molecule has 0 fully saturated rings. The molecule has 4 nitrogen and oxygen atoms in total. The van der Waals surface area contributed by atoms with E-state index in [0.29, 0.717) is 40.1 Å². The van der Waals surface area contributed by atoms with E-state index in [0.717, 1.165) is 11.1 Å². The minimum Gasteiger partial charge on any atom is -0.494 e. The third-order valence-corrected chi connectivity index (χ3v) is 5.09. The summed E-state index contributed by atoms with van der Waals surface area (Å²) in [5, 5.41) is 13.4. The van der Waals surface area contributed by atoms with E-state index in [-0.39, 0.29) is 5.57 Å². The van der Waals surface area contributed by atoms with Crippen LogP contribution in [-0.4, -0.2) is 12.5 Å². The molecule has 3 aromatic rings. The lowest BCUT2D eigenvalue weighted by molar-refractivity contribution is -0.112. The first kappa shape index (κ1) is 22.4. The van der Waals surface area contributed by atoms with Crippen molar-refractivity contribution in [2.24, 2.45) is 0 Å². The summed E-state index contributed by atoms with van der Waals surface area (Å²) in [7, 11) is 0.